The van der Waals surface area contributed by atoms with Crippen molar-refractivity contribution >= 4 is 97.7 Å². The number of benzene rings is 11. The van der Waals surface area contributed by atoms with Gasteiger partial charge in [0.2, 0.25) is 0 Å². The van der Waals surface area contributed by atoms with Crippen LogP contribution in [0.25, 0.3) is 131 Å². The summed E-state index contributed by atoms with van der Waals surface area (Å²) < 4.78 is 13.5. The molecule has 13 aromatic rings. The molecule has 0 aliphatic carbocycles. The van der Waals surface area contributed by atoms with Crippen LogP contribution in [0.5, 0.6) is 0 Å². The molecule has 0 bridgehead atoms. The van der Waals surface area contributed by atoms with Crippen molar-refractivity contribution in [1.82, 2.24) is 0 Å². The highest BCUT2D eigenvalue weighted by molar-refractivity contribution is 6.29. The first-order valence-electron chi connectivity index (χ1n) is 19.9. The van der Waals surface area contributed by atoms with Crippen LogP contribution in [-0.2, 0) is 0 Å². The van der Waals surface area contributed by atoms with Crippen LogP contribution in [0.3, 0.4) is 0 Å². The smallest absolute Gasteiger partial charge is 0.144 e. The molecule has 2 nitrogen and oxygen atoms in total. The minimum Gasteiger partial charge on any atom is -0.455 e. The number of para-hydroxylation sites is 3. The Morgan fingerprint density at radius 3 is 1.47 bits per heavy atom. The molecule has 13 rings (SSSR count). The predicted octanol–water partition coefficient (Wildman–Crippen LogP) is 16.3. The maximum absolute atomic E-state index is 6.91. The van der Waals surface area contributed by atoms with E-state index in [1.54, 1.807) is 0 Å². The van der Waals surface area contributed by atoms with Gasteiger partial charge in [-0.1, -0.05) is 164 Å². The summed E-state index contributed by atoms with van der Waals surface area (Å²) in [5, 5.41) is 16.8. The standard InChI is InChI=1S/C56H32O2/c1-2-14-34-32-49-35(31-33(34)13-1)27-28-37-36(49)21-11-22-39(37)52-40-16-3-5-18-42(40)53(43-19-6-4-17-41(43)52)48-30-29-46(56-54(48)47-20-8-10-26-51(47)58-56)45-24-12-23-44-38-15-7-9-25-50(38)57-55(44)45/h1-32H. The molecule has 2 heteroatoms. The van der Waals surface area contributed by atoms with Gasteiger partial charge < -0.3 is 8.83 Å². The molecular weight excluding hydrogens is 705 g/mol. The van der Waals surface area contributed by atoms with Crippen LogP contribution in [0.15, 0.2) is 203 Å². The van der Waals surface area contributed by atoms with Gasteiger partial charge in [-0.2, -0.15) is 0 Å². The van der Waals surface area contributed by atoms with Gasteiger partial charge in [0, 0.05) is 32.7 Å². The van der Waals surface area contributed by atoms with Crippen LogP contribution in [-0.4, -0.2) is 0 Å². The van der Waals surface area contributed by atoms with E-state index in [1.807, 2.05) is 12.1 Å². The molecule has 0 aliphatic heterocycles. The first-order valence-corrected chi connectivity index (χ1v) is 19.9. The Morgan fingerprint density at radius 1 is 0.241 bits per heavy atom. The van der Waals surface area contributed by atoms with Crippen LogP contribution in [0.4, 0.5) is 0 Å². The van der Waals surface area contributed by atoms with Crippen LogP contribution in [0.1, 0.15) is 0 Å². The summed E-state index contributed by atoms with van der Waals surface area (Å²) in [5.74, 6) is 0. The minimum absolute atomic E-state index is 0.859. The van der Waals surface area contributed by atoms with Crippen LogP contribution in [0, 0.1) is 0 Å². The van der Waals surface area contributed by atoms with Gasteiger partial charge in [-0.25, -0.2) is 0 Å². The molecule has 0 radical (unpaired) electrons. The van der Waals surface area contributed by atoms with Crippen molar-refractivity contribution in [2.75, 3.05) is 0 Å². The maximum atomic E-state index is 6.91. The van der Waals surface area contributed by atoms with Gasteiger partial charge >= 0.3 is 0 Å². The number of hydrogen-bond acceptors (Lipinski definition) is 2. The van der Waals surface area contributed by atoms with Crippen LogP contribution >= 0.6 is 0 Å². The van der Waals surface area contributed by atoms with Crippen molar-refractivity contribution in [2.45, 2.75) is 0 Å². The summed E-state index contributed by atoms with van der Waals surface area (Å²) in [4.78, 5) is 0. The molecule has 0 aliphatic rings. The van der Waals surface area contributed by atoms with Gasteiger partial charge in [-0.15, -0.1) is 0 Å². The molecule has 0 amide bonds. The minimum atomic E-state index is 0.859. The monoisotopic (exact) mass is 736 g/mol. The second-order valence-corrected chi connectivity index (χ2v) is 15.5. The zero-order valence-corrected chi connectivity index (χ0v) is 31.3. The molecule has 0 N–H and O–H groups in total. The molecule has 0 unspecified atom stereocenters. The van der Waals surface area contributed by atoms with Crippen molar-refractivity contribution in [2.24, 2.45) is 0 Å². The van der Waals surface area contributed by atoms with Crippen molar-refractivity contribution in [1.29, 1.82) is 0 Å². The molecule has 11 aromatic carbocycles. The molecule has 0 atom stereocenters. The fraction of sp³-hybridized carbons (Fsp3) is 0. The highest BCUT2D eigenvalue weighted by atomic mass is 16.3. The molecule has 0 saturated heterocycles. The van der Waals surface area contributed by atoms with E-state index >= 15 is 0 Å². The Balaban J connectivity index is 1.12. The van der Waals surface area contributed by atoms with Crippen molar-refractivity contribution in [3.05, 3.63) is 194 Å². The molecule has 2 heterocycles. The van der Waals surface area contributed by atoms with Crippen LogP contribution in [0.2, 0.25) is 0 Å². The van der Waals surface area contributed by atoms with Gasteiger partial charge in [0.25, 0.3) is 0 Å². The highest BCUT2D eigenvalue weighted by Gasteiger charge is 2.24. The molecule has 0 spiro atoms. The largest absolute Gasteiger partial charge is 0.455 e. The Labute approximate surface area is 332 Å². The third-order valence-electron chi connectivity index (χ3n) is 12.4. The van der Waals surface area contributed by atoms with Crippen molar-refractivity contribution in [3.63, 3.8) is 0 Å². The number of furan rings is 2. The first kappa shape index (κ1) is 31.5. The van der Waals surface area contributed by atoms with E-state index in [1.165, 1.54) is 70.6 Å². The summed E-state index contributed by atoms with van der Waals surface area (Å²) in [6.45, 7) is 0. The van der Waals surface area contributed by atoms with E-state index in [0.717, 1.165) is 60.6 Å². The van der Waals surface area contributed by atoms with Crippen molar-refractivity contribution < 1.29 is 8.83 Å². The third kappa shape index (κ3) is 4.37. The molecule has 58 heavy (non-hydrogen) atoms. The average molecular weight is 737 g/mol. The molecule has 268 valence electrons. The zero-order valence-electron chi connectivity index (χ0n) is 31.3. The van der Waals surface area contributed by atoms with E-state index < -0.39 is 0 Å². The van der Waals surface area contributed by atoms with Gasteiger partial charge in [0.15, 0.2) is 0 Å². The summed E-state index contributed by atoms with van der Waals surface area (Å²) >= 11 is 0. The van der Waals surface area contributed by atoms with Gasteiger partial charge in [0.05, 0.1) is 0 Å². The average Bonchev–Trinajstić information content (AvgIpc) is 3.87. The Hall–Kier alpha value is -7.68. The SMILES string of the molecule is c1ccc2cc3c(ccc4c(-c5c6ccccc6c(-c6ccc(-c7cccc8c7oc7ccccc78)c7oc8ccccc8c67)c6ccccc56)cccc43)cc2c1. The van der Waals surface area contributed by atoms with E-state index in [9.17, 15) is 0 Å². The zero-order chi connectivity index (χ0) is 37.9. The molecular formula is C56H32O2. The lowest BCUT2D eigenvalue weighted by Crippen LogP contribution is -1.93. The Morgan fingerprint density at radius 2 is 0.741 bits per heavy atom. The molecule has 0 saturated carbocycles. The normalized spacial score (nSPS) is 12.1. The lowest BCUT2D eigenvalue weighted by Gasteiger charge is -2.20. The summed E-state index contributed by atoms with van der Waals surface area (Å²) in [6.07, 6.45) is 0. The van der Waals surface area contributed by atoms with Gasteiger partial charge in [-0.05, 0) is 106 Å². The second kappa shape index (κ2) is 11.9. The Bertz CT molecular complexity index is 3800. The van der Waals surface area contributed by atoms with E-state index in [2.05, 4.69) is 182 Å². The lowest BCUT2D eigenvalue weighted by atomic mass is 9.83. The Kier molecular flexibility index (Phi) is 6.47. The summed E-state index contributed by atoms with van der Waals surface area (Å²) in [6, 6.07) is 70.3. The lowest BCUT2D eigenvalue weighted by molar-refractivity contribution is 0.665. The van der Waals surface area contributed by atoms with Crippen molar-refractivity contribution in [3.8, 4) is 33.4 Å². The summed E-state index contributed by atoms with van der Waals surface area (Å²) in [7, 11) is 0. The molecule has 0 fully saturated rings. The number of fused-ring (bicyclic) bond motifs is 12. The maximum Gasteiger partial charge on any atom is 0.144 e. The van der Waals surface area contributed by atoms with E-state index in [0.29, 0.717) is 0 Å². The highest BCUT2D eigenvalue weighted by Crippen LogP contribution is 2.50. The first-order chi connectivity index (χ1) is 28.8. The number of hydrogen-bond donors (Lipinski definition) is 0. The fourth-order valence-corrected chi connectivity index (χ4v) is 9.92. The van der Waals surface area contributed by atoms with E-state index in [4.69, 9.17) is 8.83 Å². The second-order valence-electron chi connectivity index (χ2n) is 15.5. The quantitative estimate of drug-likeness (QED) is 0.133. The van der Waals surface area contributed by atoms with E-state index in [-0.39, 0.29) is 0 Å². The summed E-state index contributed by atoms with van der Waals surface area (Å²) in [5.41, 5.74) is 10.4. The van der Waals surface area contributed by atoms with Gasteiger partial charge in [-0.3, -0.25) is 0 Å². The topological polar surface area (TPSA) is 26.3 Å². The van der Waals surface area contributed by atoms with Gasteiger partial charge in [0.1, 0.15) is 22.3 Å². The number of rotatable bonds is 3. The predicted molar refractivity (Wildman–Crippen MR) is 245 cm³/mol. The van der Waals surface area contributed by atoms with Crippen LogP contribution < -0.4 is 0 Å². The molecule has 2 aromatic heterocycles. The third-order valence-corrected chi connectivity index (χ3v) is 12.4. The fourth-order valence-electron chi connectivity index (χ4n) is 9.92.